The number of hydrogen-bond acceptors (Lipinski definition) is 2. The van der Waals surface area contributed by atoms with Crippen LogP contribution in [0.1, 0.15) is 53.0 Å². The molecule has 4 heteroatoms. The first-order chi connectivity index (χ1) is 12.1. The van der Waals surface area contributed by atoms with E-state index in [1.54, 1.807) is 29.2 Å². The summed E-state index contributed by atoms with van der Waals surface area (Å²) in [5.41, 5.74) is 3.01. The van der Waals surface area contributed by atoms with Crippen LogP contribution >= 0.6 is 0 Å². The number of benzene rings is 2. The van der Waals surface area contributed by atoms with Gasteiger partial charge in [0.1, 0.15) is 0 Å². The first kappa shape index (κ1) is 18.7. The van der Waals surface area contributed by atoms with Crippen LogP contribution in [0.2, 0.25) is 0 Å². The smallest absolute Gasteiger partial charge is 0.258 e. The molecule has 4 nitrogen and oxygen atoms in total. The molecule has 2 rings (SSSR count). The van der Waals surface area contributed by atoms with E-state index < -0.39 is 0 Å². The first-order valence-electron chi connectivity index (χ1n) is 8.83. The van der Waals surface area contributed by atoms with Crippen molar-refractivity contribution >= 4 is 17.5 Å². The molecule has 0 spiro atoms. The van der Waals surface area contributed by atoms with Crippen molar-refractivity contribution in [2.45, 2.75) is 33.6 Å². The minimum atomic E-state index is -0.137. The van der Waals surface area contributed by atoms with Gasteiger partial charge in [0.25, 0.3) is 11.8 Å². The van der Waals surface area contributed by atoms with Gasteiger partial charge in [-0.2, -0.15) is 0 Å². The van der Waals surface area contributed by atoms with E-state index in [1.165, 1.54) is 0 Å². The number of rotatable bonds is 7. The fourth-order valence-corrected chi connectivity index (χ4v) is 2.67. The molecular formula is C21H26N2O2. The van der Waals surface area contributed by atoms with Gasteiger partial charge in [-0.3, -0.25) is 9.59 Å². The second kappa shape index (κ2) is 9.02. The number of nitrogens with zero attached hydrogens (tertiary/aromatic N) is 1. The van der Waals surface area contributed by atoms with Crippen molar-refractivity contribution in [2.75, 3.05) is 18.0 Å². The highest BCUT2D eigenvalue weighted by atomic mass is 16.2. The summed E-state index contributed by atoms with van der Waals surface area (Å²) in [5.74, 6) is -0.238. The monoisotopic (exact) mass is 338 g/mol. The number of unbranched alkanes of at least 4 members (excludes halogenated alkanes) is 1. The maximum Gasteiger partial charge on any atom is 0.258 e. The predicted octanol–water partition coefficient (Wildman–Crippen LogP) is 4.19. The Morgan fingerprint density at radius 1 is 1.00 bits per heavy atom. The van der Waals surface area contributed by atoms with E-state index in [4.69, 9.17) is 0 Å². The first-order valence-corrected chi connectivity index (χ1v) is 8.83. The van der Waals surface area contributed by atoms with Gasteiger partial charge in [0.15, 0.2) is 0 Å². The van der Waals surface area contributed by atoms with Gasteiger partial charge in [-0.05, 0) is 56.2 Å². The van der Waals surface area contributed by atoms with Gasteiger partial charge in [-0.25, -0.2) is 0 Å². The Kier molecular flexibility index (Phi) is 6.75. The van der Waals surface area contributed by atoms with Gasteiger partial charge in [0.05, 0.1) is 0 Å². The van der Waals surface area contributed by atoms with Gasteiger partial charge >= 0.3 is 0 Å². The standard InChI is InChI=1S/C21H26N2O2/c1-4-6-13-22-20(24)17-10-8-11-18(15-17)21(25)23(5-2)19-12-7-9-16(3)14-19/h7-12,14-15H,4-6,13H2,1-3H3,(H,22,24). The number of carbonyl (C=O) groups is 2. The topological polar surface area (TPSA) is 49.4 Å². The average molecular weight is 338 g/mol. The molecule has 0 aromatic heterocycles. The van der Waals surface area contributed by atoms with Crippen LogP contribution in [0.25, 0.3) is 0 Å². The van der Waals surface area contributed by atoms with Crippen LogP contribution in [-0.4, -0.2) is 24.9 Å². The van der Waals surface area contributed by atoms with Crippen molar-refractivity contribution in [1.29, 1.82) is 0 Å². The van der Waals surface area contributed by atoms with Crippen LogP contribution < -0.4 is 10.2 Å². The average Bonchev–Trinajstić information content (AvgIpc) is 2.62. The summed E-state index contributed by atoms with van der Waals surface area (Å²) in [5, 5.41) is 2.88. The van der Waals surface area contributed by atoms with E-state index in [0.29, 0.717) is 24.2 Å². The van der Waals surface area contributed by atoms with Crippen LogP contribution in [0, 0.1) is 6.92 Å². The third-order valence-electron chi connectivity index (χ3n) is 4.06. The van der Waals surface area contributed by atoms with Crippen LogP contribution in [0.15, 0.2) is 48.5 Å². The molecule has 0 radical (unpaired) electrons. The Hall–Kier alpha value is -2.62. The van der Waals surface area contributed by atoms with Crippen molar-refractivity contribution < 1.29 is 9.59 Å². The minimum absolute atomic E-state index is 0.101. The minimum Gasteiger partial charge on any atom is -0.352 e. The molecule has 0 bridgehead atoms. The second-order valence-corrected chi connectivity index (χ2v) is 6.08. The molecule has 0 heterocycles. The Morgan fingerprint density at radius 3 is 2.40 bits per heavy atom. The summed E-state index contributed by atoms with van der Waals surface area (Å²) in [6.45, 7) is 7.24. The zero-order valence-corrected chi connectivity index (χ0v) is 15.2. The maximum atomic E-state index is 12.9. The lowest BCUT2D eigenvalue weighted by molar-refractivity contribution is 0.0953. The predicted molar refractivity (Wildman–Crippen MR) is 102 cm³/mol. The van der Waals surface area contributed by atoms with Gasteiger partial charge < -0.3 is 10.2 Å². The number of aryl methyl sites for hydroxylation is 1. The molecule has 0 saturated carbocycles. The van der Waals surface area contributed by atoms with E-state index in [0.717, 1.165) is 24.1 Å². The Balaban J connectivity index is 2.20. The van der Waals surface area contributed by atoms with Crippen LogP contribution in [0.4, 0.5) is 5.69 Å². The Morgan fingerprint density at radius 2 is 1.72 bits per heavy atom. The van der Waals surface area contributed by atoms with E-state index in [-0.39, 0.29) is 11.8 Å². The molecule has 0 unspecified atom stereocenters. The molecule has 0 fully saturated rings. The zero-order valence-electron chi connectivity index (χ0n) is 15.2. The fraction of sp³-hybridized carbons (Fsp3) is 0.333. The van der Waals surface area contributed by atoms with Crippen molar-refractivity contribution in [3.8, 4) is 0 Å². The highest BCUT2D eigenvalue weighted by molar-refractivity contribution is 6.07. The quantitative estimate of drug-likeness (QED) is 0.770. The van der Waals surface area contributed by atoms with Crippen molar-refractivity contribution in [1.82, 2.24) is 5.32 Å². The van der Waals surface area contributed by atoms with Crippen molar-refractivity contribution in [3.63, 3.8) is 0 Å². The summed E-state index contributed by atoms with van der Waals surface area (Å²) in [4.78, 5) is 26.9. The largest absolute Gasteiger partial charge is 0.352 e. The van der Waals surface area contributed by atoms with Gasteiger partial charge in [0.2, 0.25) is 0 Å². The van der Waals surface area contributed by atoms with Crippen LogP contribution in [-0.2, 0) is 0 Å². The molecule has 2 aromatic rings. The Bertz CT molecular complexity index is 740. The summed E-state index contributed by atoms with van der Waals surface area (Å²) < 4.78 is 0. The number of anilines is 1. The highest BCUT2D eigenvalue weighted by Gasteiger charge is 2.17. The number of hydrogen-bond donors (Lipinski definition) is 1. The van der Waals surface area contributed by atoms with Gasteiger partial charge in [0, 0.05) is 29.9 Å². The number of amides is 2. The summed E-state index contributed by atoms with van der Waals surface area (Å²) in [6.07, 6.45) is 1.97. The Labute approximate surface area is 149 Å². The van der Waals surface area contributed by atoms with Crippen LogP contribution in [0.3, 0.4) is 0 Å². The van der Waals surface area contributed by atoms with Crippen LogP contribution in [0.5, 0.6) is 0 Å². The molecule has 25 heavy (non-hydrogen) atoms. The van der Waals surface area contributed by atoms with E-state index >= 15 is 0 Å². The molecule has 0 aliphatic rings. The molecule has 2 aromatic carbocycles. The third kappa shape index (κ3) is 4.92. The molecule has 1 N–H and O–H groups in total. The van der Waals surface area contributed by atoms with Crippen molar-refractivity contribution in [3.05, 3.63) is 65.2 Å². The fourth-order valence-electron chi connectivity index (χ4n) is 2.67. The molecule has 0 saturated heterocycles. The number of nitrogens with one attached hydrogen (secondary N) is 1. The maximum absolute atomic E-state index is 12.9. The molecule has 2 amide bonds. The molecular weight excluding hydrogens is 312 g/mol. The molecule has 0 aliphatic heterocycles. The van der Waals surface area contributed by atoms with Gasteiger partial charge in [-0.1, -0.05) is 31.5 Å². The zero-order chi connectivity index (χ0) is 18.2. The summed E-state index contributed by atoms with van der Waals surface area (Å²) in [7, 11) is 0. The lowest BCUT2D eigenvalue weighted by Crippen LogP contribution is -2.31. The van der Waals surface area contributed by atoms with E-state index in [1.807, 2.05) is 38.1 Å². The second-order valence-electron chi connectivity index (χ2n) is 6.08. The van der Waals surface area contributed by atoms with E-state index in [9.17, 15) is 9.59 Å². The highest BCUT2D eigenvalue weighted by Crippen LogP contribution is 2.19. The normalized spacial score (nSPS) is 10.4. The summed E-state index contributed by atoms with van der Waals surface area (Å²) in [6, 6.07) is 14.8. The number of carbonyl (C=O) groups excluding carboxylic acids is 2. The summed E-state index contributed by atoms with van der Waals surface area (Å²) >= 11 is 0. The van der Waals surface area contributed by atoms with Crippen molar-refractivity contribution in [2.24, 2.45) is 0 Å². The SMILES string of the molecule is CCCCNC(=O)c1cccc(C(=O)N(CC)c2cccc(C)c2)c1. The molecule has 0 atom stereocenters. The third-order valence-corrected chi connectivity index (χ3v) is 4.06. The lowest BCUT2D eigenvalue weighted by atomic mass is 10.1. The lowest BCUT2D eigenvalue weighted by Gasteiger charge is -2.22. The van der Waals surface area contributed by atoms with Gasteiger partial charge in [-0.15, -0.1) is 0 Å². The van der Waals surface area contributed by atoms with E-state index in [2.05, 4.69) is 12.2 Å². The molecule has 0 aliphatic carbocycles. The molecule has 132 valence electrons.